The van der Waals surface area contributed by atoms with E-state index in [9.17, 15) is 13.6 Å². The third kappa shape index (κ3) is 8.38. The lowest BCUT2D eigenvalue weighted by Crippen LogP contribution is -2.39. The fraction of sp³-hybridized carbons (Fsp3) is 0.312. The molecule has 9 heteroatoms. The van der Waals surface area contributed by atoms with Gasteiger partial charge in [-0.3, -0.25) is 9.59 Å². The molecule has 0 saturated heterocycles. The Morgan fingerprint density at radius 1 is 1.10 bits per heavy atom. The Kier molecular flexibility index (Phi) is 10.9. The van der Waals surface area contributed by atoms with Gasteiger partial charge in [0.05, 0.1) is 6.61 Å². The van der Waals surface area contributed by atoms with Crippen LogP contribution in [0.4, 0.5) is 8.78 Å². The molecule has 5 rings (SSSR count). The number of carbonyl (C=O) groups excluding carboxylic acids is 1. The van der Waals surface area contributed by atoms with Crippen molar-refractivity contribution in [1.82, 2.24) is 10.2 Å². The van der Waals surface area contributed by atoms with Crippen LogP contribution in [0.5, 0.6) is 5.75 Å². The van der Waals surface area contributed by atoms with Crippen LogP contribution < -0.4 is 10.1 Å². The molecule has 1 aliphatic heterocycles. The summed E-state index contributed by atoms with van der Waals surface area (Å²) in [5, 5.41) is 10.9. The Bertz CT molecular complexity index is 1380. The van der Waals surface area contributed by atoms with Crippen LogP contribution in [0.15, 0.2) is 72.3 Å². The molecule has 3 aromatic rings. The summed E-state index contributed by atoms with van der Waals surface area (Å²) in [5.41, 5.74) is 5.07. The molecule has 3 aromatic carbocycles. The van der Waals surface area contributed by atoms with E-state index in [1.54, 1.807) is 0 Å². The molecule has 0 bridgehead atoms. The van der Waals surface area contributed by atoms with E-state index in [4.69, 9.17) is 26.2 Å². The third-order valence-corrected chi connectivity index (χ3v) is 7.45. The number of halogens is 3. The predicted molar refractivity (Wildman–Crippen MR) is 155 cm³/mol. The van der Waals surface area contributed by atoms with Crippen LogP contribution >= 0.6 is 11.6 Å². The number of rotatable bonds is 10. The van der Waals surface area contributed by atoms with Crippen molar-refractivity contribution in [2.24, 2.45) is 0 Å². The van der Waals surface area contributed by atoms with E-state index in [1.807, 2.05) is 29.2 Å². The molecule has 1 aliphatic carbocycles. The van der Waals surface area contributed by atoms with Gasteiger partial charge >= 0.3 is 0 Å². The molecule has 216 valence electrons. The van der Waals surface area contributed by atoms with E-state index >= 15 is 0 Å². The first-order valence-electron chi connectivity index (χ1n) is 13.6. The van der Waals surface area contributed by atoms with Gasteiger partial charge in [-0.15, -0.1) is 0 Å². The van der Waals surface area contributed by atoms with E-state index in [1.165, 1.54) is 0 Å². The molecule has 1 heterocycles. The Balaban J connectivity index is 0.00000124. The van der Waals surface area contributed by atoms with E-state index in [0.29, 0.717) is 31.1 Å². The summed E-state index contributed by atoms with van der Waals surface area (Å²) in [6.07, 6.45) is 4.26. The van der Waals surface area contributed by atoms with Gasteiger partial charge in [0.25, 0.3) is 12.4 Å². The summed E-state index contributed by atoms with van der Waals surface area (Å²) in [5.74, 6) is -1.07. The van der Waals surface area contributed by atoms with E-state index in [-0.39, 0.29) is 24.2 Å². The van der Waals surface area contributed by atoms with Gasteiger partial charge in [-0.2, -0.15) is 0 Å². The summed E-state index contributed by atoms with van der Waals surface area (Å²) in [6.45, 7) is 1.94. The lowest BCUT2D eigenvalue weighted by molar-refractivity contribution is -0.128. The molecule has 41 heavy (non-hydrogen) atoms. The summed E-state index contributed by atoms with van der Waals surface area (Å²) < 4.78 is 32.4. The number of carboxylic acid groups (broad SMARTS) is 1. The fourth-order valence-electron chi connectivity index (χ4n) is 4.86. The first kappa shape index (κ1) is 30.2. The van der Waals surface area contributed by atoms with Crippen LogP contribution in [0.25, 0.3) is 5.57 Å². The van der Waals surface area contributed by atoms with Crippen molar-refractivity contribution in [2.75, 3.05) is 19.7 Å². The van der Waals surface area contributed by atoms with Crippen LogP contribution in [-0.2, 0) is 22.6 Å². The Morgan fingerprint density at radius 3 is 2.54 bits per heavy atom. The highest BCUT2D eigenvalue weighted by Gasteiger charge is 2.35. The zero-order valence-electron chi connectivity index (χ0n) is 22.6. The lowest BCUT2D eigenvalue weighted by atomic mass is 9.92. The quantitative estimate of drug-likeness (QED) is 0.218. The Hall–Kier alpha value is -3.75. The highest BCUT2D eigenvalue weighted by Crippen LogP contribution is 2.34. The minimum atomic E-state index is -0.566. The second-order valence-electron chi connectivity index (χ2n) is 9.97. The lowest BCUT2D eigenvalue weighted by Gasteiger charge is -2.28. The smallest absolute Gasteiger partial charge is 0.290 e. The summed E-state index contributed by atoms with van der Waals surface area (Å²) in [7, 11) is 0. The zero-order chi connectivity index (χ0) is 29.2. The van der Waals surface area contributed by atoms with Crippen LogP contribution in [0.1, 0.15) is 42.4 Å². The van der Waals surface area contributed by atoms with Gasteiger partial charge in [-0.25, -0.2) is 8.78 Å². The molecule has 0 radical (unpaired) electrons. The molecule has 6 nitrogen and oxygen atoms in total. The second-order valence-corrected chi connectivity index (χ2v) is 10.4. The van der Waals surface area contributed by atoms with Crippen molar-refractivity contribution >= 4 is 29.6 Å². The number of carbonyl (C=O) groups is 2. The van der Waals surface area contributed by atoms with Crippen LogP contribution in [0.2, 0.25) is 5.02 Å². The third-order valence-electron chi connectivity index (χ3n) is 7.09. The molecular weight excluding hydrogens is 550 g/mol. The van der Waals surface area contributed by atoms with Gasteiger partial charge in [-0.1, -0.05) is 54.1 Å². The number of amides is 1. The molecule has 2 N–H and O–H groups in total. The Morgan fingerprint density at radius 2 is 1.83 bits per heavy atom. The molecular formula is C32H33ClF2N2O4. The number of benzene rings is 3. The predicted octanol–water partition coefficient (Wildman–Crippen LogP) is 6.27. The van der Waals surface area contributed by atoms with Crippen molar-refractivity contribution in [1.29, 1.82) is 0 Å². The van der Waals surface area contributed by atoms with Gasteiger partial charge < -0.3 is 20.1 Å². The number of hydrogen-bond acceptors (Lipinski definition) is 4. The van der Waals surface area contributed by atoms with Gasteiger partial charge in [-0.05, 0) is 79.1 Å². The molecule has 2 aliphatic rings. The molecule has 1 fully saturated rings. The highest BCUT2D eigenvalue weighted by molar-refractivity contribution is 6.31. The first-order valence-corrected chi connectivity index (χ1v) is 14.0. The molecule has 0 spiro atoms. The highest BCUT2D eigenvalue weighted by atomic mass is 35.5. The number of hydrogen-bond donors (Lipinski definition) is 2. The van der Waals surface area contributed by atoms with Gasteiger partial charge in [0.1, 0.15) is 5.82 Å². The second kappa shape index (κ2) is 14.8. The molecule has 0 aromatic heterocycles. The molecule has 0 atom stereocenters. The maximum absolute atomic E-state index is 13.8. The average molecular weight is 583 g/mol. The summed E-state index contributed by atoms with van der Waals surface area (Å²) >= 11 is 6.41. The molecule has 1 amide bonds. The van der Waals surface area contributed by atoms with E-state index in [0.717, 1.165) is 78.3 Å². The maximum Gasteiger partial charge on any atom is 0.290 e. The summed E-state index contributed by atoms with van der Waals surface area (Å²) in [4.78, 5) is 24.1. The van der Waals surface area contributed by atoms with Crippen LogP contribution in [-0.4, -0.2) is 48.1 Å². The van der Waals surface area contributed by atoms with Crippen LogP contribution in [0, 0.1) is 11.6 Å². The maximum atomic E-state index is 13.8. The van der Waals surface area contributed by atoms with Crippen molar-refractivity contribution < 1.29 is 28.2 Å². The largest absolute Gasteiger partial charge is 0.490 e. The van der Waals surface area contributed by atoms with Crippen molar-refractivity contribution in [2.45, 2.75) is 44.7 Å². The number of nitrogens with one attached hydrogen (secondary N) is 1. The van der Waals surface area contributed by atoms with Crippen LogP contribution in [0.3, 0.4) is 0 Å². The van der Waals surface area contributed by atoms with Gasteiger partial charge in [0.15, 0.2) is 11.6 Å². The minimum Gasteiger partial charge on any atom is -0.490 e. The fourth-order valence-corrected chi connectivity index (χ4v) is 5.06. The van der Waals surface area contributed by atoms with E-state index < -0.39 is 11.6 Å². The number of ether oxygens (including phenoxy) is 1. The number of nitrogens with zero attached hydrogens (tertiary/aromatic N) is 1. The molecule has 0 unspecified atom stereocenters. The number of aryl methyl sites for hydroxylation is 1. The minimum absolute atomic E-state index is 0.0647. The normalized spacial score (nSPS) is 14.6. The Labute approximate surface area is 243 Å². The topological polar surface area (TPSA) is 78.9 Å². The average Bonchev–Trinajstić information content (AvgIpc) is 3.83. The van der Waals surface area contributed by atoms with Crippen molar-refractivity contribution in [3.63, 3.8) is 0 Å². The molecule has 1 saturated carbocycles. The van der Waals surface area contributed by atoms with E-state index in [2.05, 4.69) is 29.6 Å². The monoisotopic (exact) mass is 582 g/mol. The zero-order valence-corrected chi connectivity index (χ0v) is 23.4. The van der Waals surface area contributed by atoms with Crippen molar-refractivity contribution in [3.05, 3.63) is 106 Å². The first-order chi connectivity index (χ1) is 19.9. The van der Waals surface area contributed by atoms with Gasteiger partial charge in [0, 0.05) is 35.8 Å². The standard InChI is InChI=1S/C31H31ClF2N2O2.CH2O2/c32-28-6-2-1-5-23(28)20-36(25-12-13-25)31(37)27-19-35-16-15-26(27)22-9-7-21(8-10-22)4-3-17-38-30-18-24(33)11-14-29(30)34;2-1-3/h1-2,5-11,14,18,25,35H,3-4,12-13,15-17,19-20H2;1H,(H,2,3). The van der Waals surface area contributed by atoms with Crippen molar-refractivity contribution in [3.8, 4) is 5.75 Å². The van der Waals surface area contributed by atoms with Gasteiger partial charge in [0.2, 0.25) is 0 Å². The summed E-state index contributed by atoms with van der Waals surface area (Å²) in [6, 6.07) is 19.5. The SMILES string of the molecule is O=C(C1=C(c2ccc(CCCOc3cc(F)ccc3F)cc2)CCNC1)N(Cc1ccccc1Cl)C1CC1.O=CO.